The lowest BCUT2D eigenvalue weighted by Gasteiger charge is -2.48. The van der Waals surface area contributed by atoms with E-state index in [1.54, 1.807) is 52.7 Å². The molecule has 2 saturated heterocycles. The van der Waals surface area contributed by atoms with Gasteiger partial charge in [-0.1, -0.05) is 6.07 Å². The van der Waals surface area contributed by atoms with Gasteiger partial charge in [-0.05, 0) is 42.5 Å². The largest absolute Gasteiger partial charge is 0.416 e. The van der Waals surface area contributed by atoms with Crippen molar-refractivity contribution in [1.29, 1.82) is 0 Å². The minimum absolute atomic E-state index is 0.0256. The van der Waals surface area contributed by atoms with Crippen molar-refractivity contribution < 1.29 is 22.8 Å². The van der Waals surface area contributed by atoms with Gasteiger partial charge in [0.1, 0.15) is 0 Å². The molecule has 2 aliphatic rings. The Labute approximate surface area is 220 Å². The molecule has 7 nitrogen and oxygen atoms in total. The van der Waals surface area contributed by atoms with E-state index in [1.165, 1.54) is 17.4 Å². The number of hydrogen-bond donors (Lipinski definition) is 0. The van der Waals surface area contributed by atoms with Crippen molar-refractivity contribution in [3.63, 3.8) is 0 Å². The summed E-state index contributed by atoms with van der Waals surface area (Å²) >= 11 is 1.35. The van der Waals surface area contributed by atoms with Gasteiger partial charge in [0.25, 0.3) is 11.8 Å². The number of halogens is 3. The molecule has 0 radical (unpaired) electrons. The van der Waals surface area contributed by atoms with E-state index in [0.29, 0.717) is 42.4 Å². The maximum absolute atomic E-state index is 13.2. The first-order valence-corrected chi connectivity index (χ1v) is 13.2. The maximum atomic E-state index is 13.2. The number of aromatic nitrogens is 2. The third-order valence-corrected chi connectivity index (χ3v) is 8.03. The summed E-state index contributed by atoms with van der Waals surface area (Å²) in [6.07, 6.45) is -1.06. The first-order valence-electron chi connectivity index (χ1n) is 12.3. The first kappa shape index (κ1) is 24.6. The van der Waals surface area contributed by atoms with Crippen molar-refractivity contribution in [3.8, 4) is 5.69 Å². The number of hydrogen-bond acceptors (Lipinski definition) is 5. The lowest BCUT2D eigenvalue weighted by atomic mass is 10.0. The van der Waals surface area contributed by atoms with Gasteiger partial charge < -0.3 is 14.4 Å². The number of amides is 2. The molecule has 2 aromatic heterocycles. The number of fused-ring (bicyclic) bond motifs is 1. The smallest absolute Gasteiger partial charge is 0.335 e. The quantitative estimate of drug-likeness (QED) is 0.386. The molecule has 0 aliphatic carbocycles. The molecule has 0 atom stereocenters. The van der Waals surface area contributed by atoms with Gasteiger partial charge in [0.15, 0.2) is 5.01 Å². The highest BCUT2D eigenvalue weighted by Gasteiger charge is 2.37. The van der Waals surface area contributed by atoms with Crippen LogP contribution >= 0.6 is 11.3 Å². The molecule has 2 aromatic carbocycles. The van der Waals surface area contributed by atoms with Crippen molar-refractivity contribution in [2.24, 2.45) is 0 Å². The van der Waals surface area contributed by atoms with Gasteiger partial charge >= 0.3 is 6.18 Å². The average molecular weight is 540 g/mol. The monoisotopic (exact) mass is 539 g/mol. The zero-order valence-electron chi connectivity index (χ0n) is 20.3. The molecule has 0 bridgehead atoms. The summed E-state index contributed by atoms with van der Waals surface area (Å²) in [5, 5.41) is 3.10. The second-order valence-electron chi connectivity index (χ2n) is 9.54. The fraction of sp³-hybridized carbons (Fsp3) is 0.296. The molecule has 6 rings (SSSR count). The Kier molecular flexibility index (Phi) is 6.19. The van der Waals surface area contributed by atoms with Gasteiger partial charge in [-0.2, -0.15) is 13.2 Å². The highest BCUT2D eigenvalue weighted by molar-refractivity contribution is 7.11. The van der Waals surface area contributed by atoms with Crippen LogP contribution in [-0.2, 0) is 6.18 Å². The number of likely N-dealkylation sites (tertiary alicyclic amines) is 1. The number of carbonyl (C=O) groups excluding carboxylic acids is 2. The minimum Gasteiger partial charge on any atom is -0.335 e. The molecule has 0 N–H and O–H groups in total. The summed E-state index contributed by atoms with van der Waals surface area (Å²) in [5.41, 5.74) is 0.987. The first-order chi connectivity index (χ1) is 18.3. The molecule has 4 aromatic rings. The number of piperazine rings is 1. The fourth-order valence-electron chi connectivity index (χ4n) is 5.12. The Morgan fingerprint density at radius 1 is 0.921 bits per heavy atom. The van der Waals surface area contributed by atoms with Gasteiger partial charge in [0.05, 0.1) is 11.1 Å². The van der Waals surface area contributed by atoms with Gasteiger partial charge in [0, 0.05) is 79.7 Å². The van der Waals surface area contributed by atoms with Crippen LogP contribution in [0, 0.1) is 0 Å². The summed E-state index contributed by atoms with van der Waals surface area (Å²) < 4.78 is 41.2. The Hall–Kier alpha value is -3.70. The van der Waals surface area contributed by atoms with Crippen LogP contribution in [0.15, 0.2) is 66.3 Å². The summed E-state index contributed by atoms with van der Waals surface area (Å²) in [4.78, 5) is 35.7. The number of benzene rings is 2. The lowest BCUT2D eigenvalue weighted by Crippen LogP contribution is -2.64. The predicted molar refractivity (Wildman–Crippen MR) is 138 cm³/mol. The van der Waals surface area contributed by atoms with Crippen LogP contribution in [0.25, 0.3) is 16.6 Å². The van der Waals surface area contributed by atoms with E-state index in [1.807, 2.05) is 9.80 Å². The Morgan fingerprint density at radius 3 is 2.42 bits per heavy atom. The summed E-state index contributed by atoms with van der Waals surface area (Å²) in [6, 6.07) is 12.5. The second-order valence-corrected chi connectivity index (χ2v) is 10.4. The number of carbonyl (C=O) groups is 2. The third-order valence-electron chi connectivity index (χ3n) is 7.27. The number of rotatable bonds is 4. The summed E-state index contributed by atoms with van der Waals surface area (Å²) in [7, 11) is 0. The Morgan fingerprint density at radius 2 is 1.71 bits per heavy atom. The molecule has 0 unspecified atom stereocenters. The predicted octanol–water partition coefficient (Wildman–Crippen LogP) is 4.39. The Bertz CT molecular complexity index is 1490. The number of nitrogens with zero attached hydrogens (tertiary/aromatic N) is 5. The van der Waals surface area contributed by atoms with Gasteiger partial charge in [-0.15, -0.1) is 11.3 Å². The van der Waals surface area contributed by atoms with E-state index < -0.39 is 11.7 Å². The zero-order chi connectivity index (χ0) is 26.4. The minimum atomic E-state index is -4.42. The van der Waals surface area contributed by atoms with Crippen LogP contribution in [0.1, 0.15) is 25.7 Å². The average Bonchev–Trinajstić information content (AvgIpc) is 3.57. The second kappa shape index (κ2) is 9.55. The molecule has 4 heterocycles. The van der Waals surface area contributed by atoms with Crippen LogP contribution in [0.5, 0.6) is 0 Å². The normalized spacial score (nSPS) is 17.1. The molecular weight excluding hydrogens is 515 g/mol. The van der Waals surface area contributed by atoms with Crippen molar-refractivity contribution in [2.45, 2.75) is 12.2 Å². The van der Waals surface area contributed by atoms with Crippen LogP contribution in [0.4, 0.5) is 13.2 Å². The van der Waals surface area contributed by atoms with E-state index in [-0.39, 0.29) is 17.9 Å². The van der Waals surface area contributed by atoms with E-state index in [0.717, 1.165) is 36.1 Å². The van der Waals surface area contributed by atoms with Gasteiger partial charge in [-0.25, -0.2) is 4.98 Å². The summed E-state index contributed by atoms with van der Waals surface area (Å²) in [5.74, 6) is -0.0881. The molecule has 2 aliphatic heterocycles. The van der Waals surface area contributed by atoms with Gasteiger partial charge in [-0.3, -0.25) is 14.5 Å². The fourth-order valence-corrected chi connectivity index (χ4v) is 5.72. The van der Waals surface area contributed by atoms with Crippen LogP contribution in [0.2, 0.25) is 0 Å². The molecule has 38 heavy (non-hydrogen) atoms. The SMILES string of the molecule is O=C(c1ccc2c(ccn2-c2cccc(C(F)(F)F)c2)c1)N1CC(N2CCN(C(=O)c3nccs3)CC2)C1. The van der Waals surface area contributed by atoms with Crippen molar-refractivity contribution >= 4 is 34.1 Å². The number of alkyl halides is 3. The van der Waals surface area contributed by atoms with Crippen molar-refractivity contribution in [1.82, 2.24) is 24.3 Å². The van der Waals surface area contributed by atoms with E-state index >= 15 is 0 Å². The zero-order valence-corrected chi connectivity index (χ0v) is 21.1. The molecule has 0 saturated carbocycles. The molecule has 2 amide bonds. The van der Waals surface area contributed by atoms with Gasteiger partial charge in [0.2, 0.25) is 0 Å². The summed E-state index contributed by atoms with van der Waals surface area (Å²) in [6.45, 7) is 4.06. The van der Waals surface area contributed by atoms with E-state index in [2.05, 4.69) is 9.88 Å². The maximum Gasteiger partial charge on any atom is 0.416 e. The van der Waals surface area contributed by atoms with Crippen molar-refractivity contribution in [3.05, 3.63) is 82.4 Å². The Balaban J connectivity index is 1.08. The van der Waals surface area contributed by atoms with Crippen molar-refractivity contribution in [2.75, 3.05) is 39.3 Å². The third kappa shape index (κ3) is 4.56. The van der Waals surface area contributed by atoms with Crippen LogP contribution in [0.3, 0.4) is 0 Å². The molecule has 196 valence electrons. The molecule has 2 fully saturated rings. The van der Waals surface area contributed by atoms with Crippen LogP contribution in [-0.4, -0.2) is 81.4 Å². The highest BCUT2D eigenvalue weighted by atomic mass is 32.1. The lowest BCUT2D eigenvalue weighted by molar-refractivity contribution is -0.137. The standard InChI is InChI=1S/C27H24F3N5O2S/c28-27(29,30)20-2-1-3-21(15-20)35-8-6-18-14-19(4-5-23(18)35)25(36)34-16-22(17-34)32-9-11-33(12-10-32)26(37)24-31-7-13-38-24/h1-8,13-15,22H,9-12,16-17H2. The molecular formula is C27H24F3N5O2S. The van der Waals surface area contributed by atoms with E-state index in [4.69, 9.17) is 0 Å². The topological polar surface area (TPSA) is 61.7 Å². The molecule has 0 spiro atoms. The highest BCUT2D eigenvalue weighted by Crippen LogP contribution is 2.31. The van der Waals surface area contributed by atoms with E-state index in [9.17, 15) is 22.8 Å². The number of thiazole rings is 1. The van der Waals surface area contributed by atoms with Crippen LogP contribution < -0.4 is 0 Å². The molecule has 11 heteroatoms.